The van der Waals surface area contributed by atoms with Crippen LogP contribution in [0.4, 0.5) is 0 Å². The van der Waals surface area contributed by atoms with E-state index in [1.165, 1.54) is 5.56 Å². The molecule has 116 valence electrons. The summed E-state index contributed by atoms with van der Waals surface area (Å²) in [6.07, 6.45) is 0.963. The van der Waals surface area contributed by atoms with Crippen molar-refractivity contribution >= 4 is 5.91 Å². The van der Waals surface area contributed by atoms with Gasteiger partial charge in [0.2, 0.25) is 5.91 Å². The van der Waals surface area contributed by atoms with Crippen LogP contribution >= 0.6 is 0 Å². The van der Waals surface area contributed by atoms with Crippen LogP contribution in [-0.4, -0.2) is 35.5 Å². The molecule has 21 heavy (non-hydrogen) atoms. The Labute approximate surface area is 128 Å². The molecule has 2 rings (SSSR count). The van der Waals surface area contributed by atoms with E-state index in [9.17, 15) is 4.79 Å². The van der Waals surface area contributed by atoms with Crippen molar-refractivity contribution in [1.29, 1.82) is 0 Å². The quantitative estimate of drug-likeness (QED) is 0.907. The monoisotopic (exact) mass is 288 g/mol. The molecule has 1 aromatic rings. The molecule has 1 aromatic carbocycles. The van der Waals surface area contributed by atoms with Crippen molar-refractivity contribution in [2.45, 2.75) is 52.6 Å². The predicted molar refractivity (Wildman–Crippen MR) is 87.2 cm³/mol. The number of piperazine rings is 1. The molecule has 1 unspecified atom stereocenters. The highest BCUT2D eigenvalue weighted by Gasteiger charge is 2.40. The Morgan fingerprint density at radius 2 is 1.90 bits per heavy atom. The van der Waals surface area contributed by atoms with Crippen LogP contribution in [0.2, 0.25) is 0 Å². The van der Waals surface area contributed by atoms with Gasteiger partial charge in [-0.05, 0) is 25.8 Å². The van der Waals surface area contributed by atoms with E-state index in [0.29, 0.717) is 6.04 Å². The number of amides is 1. The summed E-state index contributed by atoms with van der Waals surface area (Å²) >= 11 is 0. The molecule has 1 amide bonds. The molecule has 0 radical (unpaired) electrons. The summed E-state index contributed by atoms with van der Waals surface area (Å²) in [5.41, 5.74) is 0.863. The number of nitrogens with zero attached hydrogens (tertiary/aromatic N) is 1. The molecule has 3 nitrogen and oxygen atoms in total. The first-order valence-electron chi connectivity index (χ1n) is 7.79. The summed E-state index contributed by atoms with van der Waals surface area (Å²) in [6, 6.07) is 10.8. The third kappa shape index (κ3) is 3.85. The Morgan fingerprint density at radius 3 is 2.48 bits per heavy atom. The predicted octanol–water partition coefficient (Wildman–Crippen LogP) is 2.85. The lowest BCUT2D eigenvalue weighted by Gasteiger charge is -2.48. The topological polar surface area (TPSA) is 32.3 Å². The maximum Gasteiger partial charge on any atom is 0.228 e. The van der Waals surface area contributed by atoms with Gasteiger partial charge < -0.3 is 10.2 Å². The number of rotatable bonds is 2. The molecule has 0 aromatic heterocycles. The van der Waals surface area contributed by atoms with Crippen LogP contribution < -0.4 is 5.32 Å². The van der Waals surface area contributed by atoms with Gasteiger partial charge in [0, 0.05) is 30.1 Å². The minimum Gasteiger partial charge on any atom is -0.334 e. The molecule has 0 saturated carbocycles. The Kier molecular flexibility index (Phi) is 4.43. The van der Waals surface area contributed by atoms with Gasteiger partial charge in [-0.1, -0.05) is 51.1 Å². The van der Waals surface area contributed by atoms with Crippen molar-refractivity contribution in [3.63, 3.8) is 0 Å². The van der Waals surface area contributed by atoms with E-state index in [2.05, 4.69) is 48.3 Å². The second-order valence-electron chi connectivity index (χ2n) is 7.75. The molecule has 1 heterocycles. The third-order valence-corrected chi connectivity index (χ3v) is 4.17. The Balaban J connectivity index is 2.11. The second kappa shape index (κ2) is 5.80. The van der Waals surface area contributed by atoms with Gasteiger partial charge in [-0.25, -0.2) is 0 Å². The SMILES string of the molecule is CC(C)(C)C(=O)N1CC(Cc2ccccc2)NCC1(C)C. The largest absolute Gasteiger partial charge is 0.334 e. The van der Waals surface area contributed by atoms with E-state index in [-0.39, 0.29) is 16.9 Å². The number of carbonyl (C=O) groups excluding carboxylic acids is 1. The molecule has 1 aliphatic heterocycles. The molecule has 0 spiro atoms. The first kappa shape index (κ1) is 16.0. The zero-order valence-corrected chi connectivity index (χ0v) is 13.9. The maximum absolute atomic E-state index is 12.7. The average Bonchev–Trinajstić information content (AvgIpc) is 2.40. The second-order valence-corrected chi connectivity index (χ2v) is 7.75. The number of carbonyl (C=O) groups is 1. The Bertz CT molecular complexity index is 488. The van der Waals surface area contributed by atoms with E-state index < -0.39 is 0 Å². The highest BCUT2D eigenvalue weighted by molar-refractivity contribution is 5.82. The fourth-order valence-electron chi connectivity index (χ4n) is 2.82. The fourth-order valence-corrected chi connectivity index (χ4v) is 2.82. The first-order valence-corrected chi connectivity index (χ1v) is 7.79. The highest BCUT2D eigenvalue weighted by Crippen LogP contribution is 2.27. The molecule has 1 atom stereocenters. The van der Waals surface area contributed by atoms with Crippen molar-refractivity contribution in [2.75, 3.05) is 13.1 Å². The molecule has 1 N–H and O–H groups in total. The van der Waals surface area contributed by atoms with Crippen molar-refractivity contribution in [3.8, 4) is 0 Å². The molecule has 1 aliphatic rings. The van der Waals surface area contributed by atoms with Crippen LogP contribution in [0.1, 0.15) is 40.2 Å². The van der Waals surface area contributed by atoms with E-state index in [4.69, 9.17) is 0 Å². The minimum atomic E-state index is -0.327. The van der Waals surface area contributed by atoms with E-state index >= 15 is 0 Å². The van der Waals surface area contributed by atoms with Crippen LogP contribution in [0.25, 0.3) is 0 Å². The van der Waals surface area contributed by atoms with Crippen molar-refractivity contribution < 1.29 is 4.79 Å². The lowest BCUT2D eigenvalue weighted by atomic mass is 9.88. The highest BCUT2D eigenvalue weighted by atomic mass is 16.2. The molecule has 3 heteroatoms. The average molecular weight is 288 g/mol. The Hall–Kier alpha value is -1.35. The van der Waals surface area contributed by atoms with Crippen LogP contribution in [0, 0.1) is 5.41 Å². The fraction of sp³-hybridized carbons (Fsp3) is 0.611. The number of benzene rings is 1. The molecule has 0 bridgehead atoms. The van der Waals surface area contributed by atoms with Gasteiger partial charge in [-0.2, -0.15) is 0 Å². The van der Waals surface area contributed by atoms with Gasteiger partial charge in [-0.3, -0.25) is 4.79 Å². The van der Waals surface area contributed by atoms with Crippen LogP contribution in [0.5, 0.6) is 0 Å². The van der Waals surface area contributed by atoms with Crippen molar-refractivity contribution in [2.24, 2.45) is 5.41 Å². The van der Waals surface area contributed by atoms with Gasteiger partial charge in [0.25, 0.3) is 0 Å². The zero-order valence-electron chi connectivity index (χ0n) is 13.9. The van der Waals surface area contributed by atoms with Crippen molar-refractivity contribution in [1.82, 2.24) is 10.2 Å². The number of hydrogen-bond donors (Lipinski definition) is 1. The molecule has 1 saturated heterocycles. The van der Waals surface area contributed by atoms with Gasteiger partial charge in [0.1, 0.15) is 0 Å². The summed E-state index contributed by atoms with van der Waals surface area (Å²) in [5.74, 6) is 0.243. The normalized spacial score (nSPS) is 22.1. The third-order valence-electron chi connectivity index (χ3n) is 4.17. The molecule has 1 fully saturated rings. The van der Waals surface area contributed by atoms with Crippen LogP contribution in [-0.2, 0) is 11.2 Å². The van der Waals surface area contributed by atoms with Gasteiger partial charge >= 0.3 is 0 Å². The molecule has 0 aliphatic carbocycles. The van der Waals surface area contributed by atoms with Gasteiger partial charge in [-0.15, -0.1) is 0 Å². The number of hydrogen-bond acceptors (Lipinski definition) is 2. The van der Waals surface area contributed by atoms with Gasteiger partial charge in [0.05, 0.1) is 0 Å². The summed E-state index contributed by atoms with van der Waals surface area (Å²) in [5, 5.41) is 3.60. The van der Waals surface area contributed by atoms with Crippen molar-refractivity contribution in [3.05, 3.63) is 35.9 Å². The molecular weight excluding hydrogens is 260 g/mol. The minimum absolute atomic E-state index is 0.127. The first-order chi connectivity index (χ1) is 9.70. The van der Waals surface area contributed by atoms with E-state index in [1.807, 2.05) is 26.8 Å². The summed E-state index contributed by atoms with van der Waals surface area (Å²) in [6.45, 7) is 11.9. The summed E-state index contributed by atoms with van der Waals surface area (Å²) < 4.78 is 0. The van der Waals surface area contributed by atoms with Crippen LogP contribution in [0.15, 0.2) is 30.3 Å². The summed E-state index contributed by atoms with van der Waals surface area (Å²) in [7, 11) is 0. The summed E-state index contributed by atoms with van der Waals surface area (Å²) in [4.78, 5) is 14.8. The lowest BCUT2D eigenvalue weighted by Crippen LogP contribution is -2.65. The zero-order chi connectivity index (χ0) is 15.7. The molecular formula is C18H28N2O. The lowest BCUT2D eigenvalue weighted by molar-refractivity contribution is -0.147. The smallest absolute Gasteiger partial charge is 0.228 e. The van der Waals surface area contributed by atoms with Gasteiger partial charge in [0.15, 0.2) is 0 Å². The Morgan fingerprint density at radius 1 is 1.29 bits per heavy atom. The number of nitrogens with one attached hydrogen (secondary N) is 1. The van der Waals surface area contributed by atoms with E-state index in [1.54, 1.807) is 0 Å². The van der Waals surface area contributed by atoms with E-state index in [0.717, 1.165) is 19.5 Å². The standard InChI is InChI=1S/C18H28N2O/c1-17(2,3)16(21)20-12-15(19-13-18(20,4)5)11-14-9-7-6-8-10-14/h6-10,15,19H,11-13H2,1-5H3. The van der Waals surface area contributed by atoms with Crippen LogP contribution in [0.3, 0.4) is 0 Å². The maximum atomic E-state index is 12.7.